The normalized spacial score (nSPS) is 10.6. The van der Waals surface area contributed by atoms with Gasteiger partial charge in [-0.25, -0.2) is 9.67 Å². The summed E-state index contributed by atoms with van der Waals surface area (Å²) in [5.41, 5.74) is 3.45. The minimum absolute atomic E-state index is 0.833. The Hall–Kier alpha value is -1.16. The van der Waals surface area contributed by atoms with Gasteiger partial charge in [-0.2, -0.15) is 5.10 Å². The first-order valence-corrected chi connectivity index (χ1v) is 5.86. The summed E-state index contributed by atoms with van der Waals surface area (Å²) in [6.45, 7) is 4.07. The van der Waals surface area contributed by atoms with Gasteiger partial charge in [-0.1, -0.05) is 15.9 Å². The van der Waals surface area contributed by atoms with Gasteiger partial charge in [-0.15, -0.1) is 0 Å². The third-order valence-corrected chi connectivity index (χ3v) is 2.84. The van der Waals surface area contributed by atoms with Crippen molar-refractivity contribution in [3.8, 4) is 5.82 Å². The minimum Gasteiger partial charge on any atom is -0.237 e. The number of aromatic nitrogens is 3. The number of alkyl halides is 1. The van der Waals surface area contributed by atoms with E-state index in [1.54, 1.807) is 0 Å². The lowest BCUT2D eigenvalue weighted by molar-refractivity contribution is 0.835. The molecule has 0 radical (unpaired) electrons. The number of pyridine rings is 1. The van der Waals surface area contributed by atoms with Crippen LogP contribution in [0.25, 0.3) is 5.82 Å². The Bertz CT molecular complexity index is 476. The highest BCUT2D eigenvalue weighted by Crippen LogP contribution is 2.14. The van der Waals surface area contributed by atoms with E-state index >= 15 is 0 Å². The summed E-state index contributed by atoms with van der Waals surface area (Å²) >= 11 is 3.41. The molecule has 0 aliphatic heterocycles. The molecular weight excluding hydrogens is 254 g/mol. The highest BCUT2D eigenvalue weighted by Gasteiger charge is 2.04. The Labute approximate surface area is 97.3 Å². The molecule has 0 aromatic carbocycles. The van der Waals surface area contributed by atoms with E-state index in [0.29, 0.717) is 0 Å². The fraction of sp³-hybridized carbons (Fsp3) is 0.273. The maximum atomic E-state index is 4.40. The van der Waals surface area contributed by atoms with Crippen molar-refractivity contribution in [2.75, 3.05) is 0 Å². The first kappa shape index (κ1) is 10.4. The highest BCUT2D eigenvalue weighted by atomic mass is 79.9. The average Bonchev–Trinajstić information content (AvgIpc) is 2.64. The van der Waals surface area contributed by atoms with Crippen molar-refractivity contribution in [3.05, 3.63) is 41.3 Å². The molecule has 3 nitrogen and oxygen atoms in total. The van der Waals surface area contributed by atoms with E-state index in [9.17, 15) is 0 Å². The Balaban J connectivity index is 2.45. The maximum Gasteiger partial charge on any atom is 0.156 e. The van der Waals surface area contributed by atoms with Crippen LogP contribution in [0, 0.1) is 13.8 Å². The fourth-order valence-corrected chi connectivity index (χ4v) is 1.77. The lowest BCUT2D eigenvalue weighted by Crippen LogP contribution is -2.01. The van der Waals surface area contributed by atoms with Crippen LogP contribution in [-0.2, 0) is 5.33 Å². The number of hydrogen-bond donors (Lipinski definition) is 0. The molecule has 2 heterocycles. The summed E-state index contributed by atoms with van der Waals surface area (Å²) in [7, 11) is 0. The predicted molar refractivity (Wildman–Crippen MR) is 63.5 cm³/mol. The molecule has 78 valence electrons. The van der Waals surface area contributed by atoms with Gasteiger partial charge in [-0.05, 0) is 36.6 Å². The molecule has 0 atom stereocenters. The number of nitrogens with zero attached hydrogens (tertiary/aromatic N) is 3. The van der Waals surface area contributed by atoms with Gasteiger partial charge in [0.1, 0.15) is 0 Å². The third kappa shape index (κ3) is 2.09. The molecule has 0 amide bonds. The summed E-state index contributed by atoms with van der Waals surface area (Å²) in [4.78, 5) is 4.40. The van der Waals surface area contributed by atoms with E-state index in [0.717, 1.165) is 22.3 Å². The summed E-state index contributed by atoms with van der Waals surface area (Å²) < 4.78 is 1.81. The Kier molecular flexibility index (Phi) is 2.86. The second kappa shape index (κ2) is 4.14. The van der Waals surface area contributed by atoms with Crippen LogP contribution in [0.5, 0.6) is 0 Å². The summed E-state index contributed by atoms with van der Waals surface area (Å²) in [6.07, 6.45) is 5.68. The molecule has 0 fully saturated rings. The van der Waals surface area contributed by atoms with Gasteiger partial charge in [0, 0.05) is 17.7 Å². The van der Waals surface area contributed by atoms with Crippen molar-refractivity contribution in [1.82, 2.24) is 14.8 Å². The van der Waals surface area contributed by atoms with E-state index in [1.807, 2.05) is 37.1 Å². The third-order valence-electron chi connectivity index (χ3n) is 2.19. The van der Waals surface area contributed by atoms with Gasteiger partial charge in [-0.3, -0.25) is 0 Å². The lowest BCUT2D eigenvalue weighted by Gasteiger charge is -2.05. The van der Waals surface area contributed by atoms with Gasteiger partial charge in [0.05, 0.1) is 6.20 Å². The van der Waals surface area contributed by atoms with Crippen molar-refractivity contribution >= 4 is 15.9 Å². The summed E-state index contributed by atoms with van der Waals surface area (Å²) in [6, 6.07) is 2.12. The SMILES string of the molecule is Cc1cnn(-c2ncc(CBr)cc2C)c1. The van der Waals surface area contributed by atoms with Gasteiger partial charge in [0.25, 0.3) is 0 Å². The van der Waals surface area contributed by atoms with Crippen LogP contribution >= 0.6 is 15.9 Å². The lowest BCUT2D eigenvalue weighted by atomic mass is 10.2. The predicted octanol–water partition coefficient (Wildman–Crippen LogP) is 2.78. The van der Waals surface area contributed by atoms with Gasteiger partial charge in [0.15, 0.2) is 5.82 Å². The monoisotopic (exact) mass is 265 g/mol. The Morgan fingerprint density at radius 3 is 2.67 bits per heavy atom. The van der Waals surface area contributed by atoms with E-state index in [-0.39, 0.29) is 0 Å². The molecule has 0 aliphatic carbocycles. The molecule has 2 rings (SSSR count). The van der Waals surface area contributed by atoms with Gasteiger partial charge >= 0.3 is 0 Å². The molecule has 15 heavy (non-hydrogen) atoms. The van der Waals surface area contributed by atoms with E-state index in [2.05, 4.69) is 32.1 Å². The quantitative estimate of drug-likeness (QED) is 0.782. The zero-order valence-electron chi connectivity index (χ0n) is 8.74. The zero-order valence-corrected chi connectivity index (χ0v) is 10.3. The van der Waals surface area contributed by atoms with Crippen LogP contribution in [0.1, 0.15) is 16.7 Å². The second-order valence-electron chi connectivity index (χ2n) is 3.58. The van der Waals surface area contributed by atoms with E-state index < -0.39 is 0 Å². The van der Waals surface area contributed by atoms with Gasteiger partial charge in [0.2, 0.25) is 0 Å². The molecule has 2 aromatic rings. The highest BCUT2D eigenvalue weighted by molar-refractivity contribution is 9.08. The van der Waals surface area contributed by atoms with Crippen LogP contribution in [0.2, 0.25) is 0 Å². The minimum atomic E-state index is 0.833. The molecular formula is C11H12BrN3. The average molecular weight is 266 g/mol. The maximum absolute atomic E-state index is 4.40. The van der Waals surface area contributed by atoms with Crippen molar-refractivity contribution in [2.24, 2.45) is 0 Å². The molecule has 2 aromatic heterocycles. The molecule has 0 bridgehead atoms. The standard InChI is InChI=1S/C11H12BrN3/c1-8-5-14-15(7-8)11-9(2)3-10(4-12)6-13-11/h3,5-7H,4H2,1-2H3. The molecule has 0 N–H and O–H groups in total. The summed E-state index contributed by atoms with van der Waals surface area (Å²) in [5.74, 6) is 0.896. The molecule has 0 spiro atoms. The molecule has 4 heteroatoms. The molecule has 0 unspecified atom stereocenters. The zero-order chi connectivity index (χ0) is 10.8. The largest absolute Gasteiger partial charge is 0.237 e. The van der Waals surface area contributed by atoms with Crippen molar-refractivity contribution in [3.63, 3.8) is 0 Å². The van der Waals surface area contributed by atoms with Crippen LogP contribution < -0.4 is 0 Å². The van der Waals surface area contributed by atoms with Crippen molar-refractivity contribution in [2.45, 2.75) is 19.2 Å². The Morgan fingerprint density at radius 2 is 2.13 bits per heavy atom. The fourth-order valence-electron chi connectivity index (χ4n) is 1.47. The van der Waals surface area contributed by atoms with Crippen LogP contribution in [0.15, 0.2) is 24.7 Å². The van der Waals surface area contributed by atoms with E-state index in [4.69, 9.17) is 0 Å². The molecule has 0 aliphatic rings. The summed E-state index contributed by atoms with van der Waals surface area (Å²) in [5, 5.41) is 5.08. The molecule has 0 saturated carbocycles. The van der Waals surface area contributed by atoms with Gasteiger partial charge < -0.3 is 0 Å². The van der Waals surface area contributed by atoms with Crippen LogP contribution in [0.4, 0.5) is 0 Å². The number of hydrogen-bond acceptors (Lipinski definition) is 2. The number of rotatable bonds is 2. The number of halogens is 1. The second-order valence-corrected chi connectivity index (χ2v) is 4.14. The molecule has 0 saturated heterocycles. The smallest absolute Gasteiger partial charge is 0.156 e. The first-order chi connectivity index (χ1) is 7.20. The van der Waals surface area contributed by atoms with Crippen molar-refractivity contribution < 1.29 is 0 Å². The first-order valence-electron chi connectivity index (χ1n) is 4.74. The topological polar surface area (TPSA) is 30.7 Å². The number of aryl methyl sites for hydroxylation is 2. The van der Waals surface area contributed by atoms with E-state index in [1.165, 1.54) is 5.56 Å². The van der Waals surface area contributed by atoms with Crippen molar-refractivity contribution in [1.29, 1.82) is 0 Å². The Morgan fingerprint density at radius 1 is 1.33 bits per heavy atom. The van der Waals surface area contributed by atoms with Crippen LogP contribution in [-0.4, -0.2) is 14.8 Å². The van der Waals surface area contributed by atoms with Crippen LogP contribution in [0.3, 0.4) is 0 Å².